The molecule has 0 heteroatoms. The Morgan fingerprint density at radius 1 is 0.700 bits per heavy atom. The van der Waals surface area contributed by atoms with E-state index in [0.29, 0.717) is 18.5 Å². The van der Waals surface area contributed by atoms with Crippen molar-refractivity contribution >= 4 is 0 Å². The number of allylic oxidation sites excluding steroid dienone is 4. The highest BCUT2D eigenvalue weighted by Crippen LogP contribution is 2.16. The third kappa shape index (κ3) is 13.9. The Morgan fingerprint density at radius 3 is 2.10 bits per heavy atom. The molecule has 0 radical (unpaired) electrons. The molecule has 0 saturated heterocycles. The fourth-order valence-electron chi connectivity index (χ4n) is 2.16. The van der Waals surface area contributed by atoms with E-state index in [4.69, 9.17) is 4.11 Å². The molecule has 0 aromatic heterocycles. The second-order valence-electron chi connectivity index (χ2n) is 5.65. The van der Waals surface area contributed by atoms with Crippen LogP contribution in [0.3, 0.4) is 0 Å². The van der Waals surface area contributed by atoms with E-state index in [-0.39, 0.29) is 0 Å². The Labute approximate surface area is 133 Å². The summed E-state index contributed by atoms with van der Waals surface area (Å²) in [5.74, 6) is 0. The molecule has 0 bridgehead atoms. The normalized spacial score (nSPS) is 16.1. The van der Waals surface area contributed by atoms with Crippen LogP contribution in [0.4, 0.5) is 0 Å². The van der Waals surface area contributed by atoms with Crippen molar-refractivity contribution in [1.82, 2.24) is 0 Å². The molecular formula is C20H38. The van der Waals surface area contributed by atoms with E-state index in [2.05, 4.69) is 20.8 Å². The summed E-state index contributed by atoms with van der Waals surface area (Å²) in [7, 11) is 0. The van der Waals surface area contributed by atoms with Gasteiger partial charge in [0.25, 0.3) is 0 Å². The van der Waals surface area contributed by atoms with Crippen LogP contribution < -0.4 is 0 Å². The minimum Gasteiger partial charge on any atom is -0.0885 e. The number of rotatable bonds is 14. The zero-order chi connectivity index (χ0) is 17.5. The van der Waals surface area contributed by atoms with Crippen molar-refractivity contribution in [2.75, 3.05) is 0 Å². The minimum absolute atomic E-state index is 0.485. The van der Waals surface area contributed by atoms with E-state index in [0.717, 1.165) is 63.8 Å². The molecule has 0 rings (SSSR count). The maximum atomic E-state index is 8.28. The zero-order valence-electron chi connectivity index (χ0n) is 17.2. The molecule has 0 saturated carbocycles. The first-order valence-corrected chi connectivity index (χ1v) is 8.89. The van der Waals surface area contributed by atoms with Crippen LogP contribution >= 0.6 is 0 Å². The lowest BCUT2D eigenvalue weighted by atomic mass is 10.0. The lowest BCUT2D eigenvalue weighted by Crippen LogP contribution is -1.85. The second-order valence-corrected chi connectivity index (χ2v) is 5.65. The fraction of sp³-hybridized carbons (Fsp3) is 0.800. The molecule has 0 N–H and O–H groups in total. The maximum Gasteiger partial charge on any atom is 0.0575 e. The van der Waals surface area contributed by atoms with Crippen LogP contribution in [0.25, 0.3) is 0 Å². The van der Waals surface area contributed by atoms with Crippen molar-refractivity contribution in [3.8, 4) is 0 Å². The molecule has 0 nitrogen and oxygen atoms in total. The summed E-state index contributed by atoms with van der Waals surface area (Å²) in [6.07, 6.45) is 13.2. The molecule has 0 aromatic carbocycles. The number of unbranched alkanes of at least 4 members (excludes halogenated alkanes) is 5. The van der Waals surface area contributed by atoms with Gasteiger partial charge in [0.1, 0.15) is 0 Å². The van der Waals surface area contributed by atoms with Crippen LogP contribution in [-0.4, -0.2) is 0 Å². The van der Waals surface area contributed by atoms with Crippen LogP contribution in [0.1, 0.15) is 108 Å². The molecule has 118 valence electrons. The molecule has 0 aliphatic carbocycles. The van der Waals surface area contributed by atoms with Gasteiger partial charge in [-0.05, 0) is 44.9 Å². The highest BCUT2D eigenvalue weighted by molar-refractivity contribution is 5.03. The van der Waals surface area contributed by atoms with E-state index in [1.54, 1.807) is 0 Å². The number of hydrogen-bond acceptors (Lipinski definition) is 0. The fourth-order valence-corrected chi connectivity index (χ4v) is 2.16. The molecule has 0 aliphatic heterocycles. The van der Waals surface area contributed by atoms with Crippen LogP contribution in [0.15, 0.2) is 23.7 Å². The molecule has 0 amide bonds. The molecule has 0 spiro atoms. The van der Waals surface area contributed by atoms with Crippen molar-refractivity contribution < 1.29 is 4.11 Å². The second kappa shape index (κ2) is 16.5. The average Bonchev–Trinajstić information content (AvgIpc) is 2.56. The molecule has 0 heterocycles. The molecule has 0 aliphatic rings. The summed E-state index contributed by atoms with van der Waals surface area (Å²) < 4.78 is 24.4. The SMILES string of the molecule is [2H]/C(CCCCCC)=C(\[2H])CC/C(CCCC)=C(\[2H])CCCC. The van der Waals surface area contributed by atoms with E-state index < -0.39 is 0 Å². The van der Waals surface area contributed by atoms with E-state index in [1.807, 2.05) is 0 Å². The lowest BCUT2D eigenvalue weighted by Gasteiger charge is -2.05. The molecule has 0 aromatic rings. The van der Waals surface area contributed by atoms with E-state index in [1.165, 1.54) is 24.8 Å². The Bertz CT molecular complexity index is 356. The monoisotopic (exact) mass is 281 g/mol. The summed E-state index contributed by atoms with van der Waals surface area (Å²) >= 11 is 0. The van der Waals surface area contributed by atoms with Gasteiger partial charge in [-0.1, -0.05) is 83.0 Å². The lowest BCUT2D eigenvalue weighted by molar-refractivity contribution is 0.673. The third-order valence-electron chi connectivity index (χ3n) is 3.57. The highest BCUT2D eigenvalue weighted by atomic mass is 14.0. The van der Waals surface area contributed by atoms with Gasteiger partial charge in [0.05, 0.1) is 4.11 Å². The molecular weight excluding hydrogens is 240 g/mol. The molecule has 0 atom stereocenters. The Kier molecular flexibility index (Phi) is 11.9. The average molecular weight is 282 g/mol. The number of hydrogen-bond donors (Lipinski definition) is 0. The summed E-state index contributed by atoms with van der Waals surface area (Å²) in [6, 6.07) is 1.79. The van der Waals surface area contributed by atoms with E-state index >= 15 is 0 Å². The van der Waals surface area contributed by atoms with Gasteiger partial charge in [-0.3, -0.25) is 0 Å². The summed E-state index contributed by atoms with van der Waals surface area (Å²) in [6.45, 7) is 6.53. The molecule has 0 unspecified atom stereocenters. The Hall–Kier alpha value is -0.520. The Morgan fingerprint density at radius 2 is 1.40 bits per heavy atom. The first kappa shape index (κ1) is 14.4. The van der Waals surface area contributed by atoms with Gasteiger partial charge in [-0.15, -0.1) is 0 Å². The van der Waals surface area contributed by atoms with Crippen LogP contribution in [-0.2, 0) is 0 Å². The van der Waals surface area contributed by atoms with Gasteiger partial charge >= 0.3 is 0 Å². The summed E-state index contributed by atoms with van der Waals surface area (Å²) in [4.78, 5) is 0. The standard InChI is InChI=1S/C20H38/c1-4-7-10-11-12-13-14-16-19-20(17-9-6-3)18-15-8-5-2/h13-14,18H,4-12,15-17,19H2,1-3H3/b14-13-,20-18+/i13D,14D,18D. The van der Waals surface area contributed by atoms with Gasteiger partial charge in [0, 0.05) is 0 Å². The van der Waals surface area contributed by atoms with E-state index in [9.17, 15) is 0 Å². The largest absolute Gasteiger partial charge is 0.0885 e. The Balaban J connectivity index is 4.50. The first-order valence-electron chi connectivity index (χ1n) is 10.4. The van der Waals surface area contributed by atoms with Crippen LogP contribution in [0.5, 0.6) is 0 Å². The van der Waals surface area contributed by atoms with Crippen molar-refractivity contribution in [3.63, 3.8) is 0 Å². The van der Waals surface area contributed by atoms with Gasteiger partial charge < -0.3 is 0 Å². The third-order valence-corrected chi connectivity index (χ3v) is 3.57. The van der Waals surface area contributed by atoms with Crippen molar-refractivity contribution in [1.29, 1.82) is 0 Å². The van der Waals surface area contributed by atoms with Crippen molar-refractivity contribution in [3.05, 3.63) is 23.7 Å². The smallest absolute Gasteiger partial charge is 0.0575 e. The summed E-state index contributed by atoms with van der Waals surface area (Å²) in [5.41, 5.74) is 1.23. The minimum atomic E-state index is 0.485. The van der Waals surface area contributed by atoms with Gasteiger partial charge in [-0.2, -0.15) is 0 Å². The zero-order valence-corrected chi connectivity index (χ0v) is 14.2. The maximum absolute atomic E-state index is 8.28. The van der Waals surface area contributed by atoms with Crippen LogP contribution in [0, 0.1) is 0 Å². The van der Waals surface area contributed by atoms with Crippen LogP contribution in [0.2, 0.25) is 0 Å². The van der Waals surface area contributed by atoms with Crippen molar-refractivity contribution in [2.45, 2.75) is 104 Å². The quantitative estimate of drug-likeness (QED) is 0.227. The summed E-state index contributed by atoms with van der Waals surface area (Å²) in [5, 5.41) is 0. The van der Waals surface area contributed by atoms with Gasteiger partial charge in [0.15, 0.2) is 0 Å². The van der Waals surface area contributed by atoms with Gasteiger partial charge in [-0.25, -0.2) is 0 Å². The van der Waals surface area contributed by atoms with Gasteiger partial charge in [0.2, 0.25) is 0 Å². The highest BCUT2D eigenvalue weighted by Gasteiger charge is 1.96. The first-order chi connectivity index (χ1) is 11.1. The topological polar surface area (TPSA) is 0 Å². The predicted molar refractivity (Wildman–Crippen MR) is 94.3 cm³/mol. The molecule has 0 fully saturated rings. The predicted octanol–water partition coefficient (Wildman–Crippen LogP) is 7.60. The van der Waals surface area contributed by atoms with Crippen molar-refractivity contribution in [2.24, 2.45) is 0 Å². The molecule has 20 heavy (non-hydrogen) atoms.